The van der Waals surface area contributed by atoms with Crippen LogP contribution in [-0.4, -0.2) is 20.2 Å². The lowest BCUT2D eigenvalue weighted by Gasteiger charge is -2.38. The third-order valence-electron chi connectivity index (χ3n) is 3.55. The Labute approximate surface area is 89.6 Å². The third-order valence-corrected chi connectivity index (χ3v) is 5.55. The molecular weight excluding hydrogens is 210 g/mol. The van der Waals surface area contributed by atoms with Crippen molar-refractivity contribution >= 4 is 10.0 Å². The van der Waals surface area contributed by atoms with E-state index in [4.69, 9.17) is 0 Å². The monoisotopic (exact) mass is 223 g/mol. The van der Waals surface area contributed by atoms with Crippen LogP contribution >= 0.6 is 0 Å². The number of rotatable bonds is 1. The van der Waals surface area contributed by atoms with Gasteiger partial charge in [0.25, 0.3) is 0 Å². The molecule has 3 nitrogen and oxygen atoms in total. The smallest absolute Gasteiger partial charge is 0.215 e. The summed E-state index contributed by atoms with van der Waals surface area (Å²) in [5.41, 5.74) is 1.16. The van der Waals surface area contributed by atoms with E-state index in [0.717, 1.165) is 12.0 Å². The van der Waals surface area contributed by atoms with Gasteiger partial charge in [-0.25, -0.2) is 13.1 Å². The van der Waals surface area contributed by atoms with E-state index in [-0.39, 0.29) is 11.2 Å². The molecule has 0 bridgehead atoms. The van der Waals surface area contributed by atoms with Gasteiger partial charge in [-0.15, -0.1) is 0 Å². The Morgan fingerprint density at radius 1 is 1.20 bits per heavy atom. The number of benzene rings is 1. The van der Waals surface area contributed by atoms with Crippen LogP contribution in [0, 0.1) is 5.92 Å². The molecule has 15 heavy (non-hydrogen) atoms. The summed E-state index contributed by atoms with van der Waals surface area (Å²) >= 11 is 0. The first-order valence-corrected chi connectivity index (χ1v) is 6.76. The quantitative estimate of drug-likeness (QED) is 0.774. The van der Waals surface area contributed by atoms with Crippen molar-refractivity contribution in [3.63, 3.8) is 0 Å². The van der Waals surface area contributed by atoms with Crippen LogP contribution in [0.15, 0.2) is 30.3 Å². The van der Waals surface area contributed by atoms with Crippen molar-refractivity contribution in [3.05, 3.63) is 35.9 Å². The maximum atomic E-state index is 11.7. The minimum Gasteiger partial charge on any atom is -0.215 e. The Kier molecular flexibility index (Phi) is 1.91. The maximum Gasteiger partial charge on any atom is 0.215 e. The van der Waals surface area contributed by atoms with Crippen molar-refractivity contribution in [2.75, 3.05) is 6.54 Å². The topological polar surface area (TPSA) is 46.2 Å². The van der Waals surface area contributed by atoms with Gasteiger partial charge in [0.15, 0.2) is 0 Å². The van der Waals surface area contributed by atoms with Crippen molar-refractivity contribution in [2.45, 2.75) is 17.6 Å². The highest BCUT2D eigenvalue weighted by atomic mass is 32.2. The fraction of sp³-hybridized carbons (Fsp3) is 0.455. The summed E-state index contributed by atoms with van der Waals surface area (Å²) in [6, 6.07) is 9.94. The summed E-state index contributed by atoms with van der Waals surface area (Å²) in [4.78, 5) is 0. The van der Waals surface area contributed by atoms with E-state index in [1.807, 2.05) is 30.3 Å². The van der Waals surface area contributed by atoms with Crippen LogP contribution in [0.4, 0.5) is 0 Å². The van der Waals surface area contributed by atoms with Crippen molar-refractivity contribution in [2.24, 2.45) is 5.92 Å². The summed E-state index contributed by atoms with van der Waals surface area (Å²) < 4.78 is 26.0. The lowest BCUT2D eigenvalue weighted by atomic mass is 9.71. The zero-order valence-electron chi connectivity index (χ0n) is 8.26. The Balaban J connectivity index is 1.93. The van der Waals surface area contributed by atoms with E-state index in [1.165, 1.54) is 0 Å². The predicted molar refractivity (Wildman–Crippen MR) is 58.0 cm³/mol. The Morgan fingerprint density at radius 2 is 1.93 bits per heavy atom. The van der Waals surface area contributed by atoms with Gasteiger partial charge in [-0.05, 0) is 17.9 Å². The summed E-state index contributed by atoms with van der Waals surface area (Å²) in [5, 5.41) is -0.181. The molecule has 1 saturated heterocycles. The van der Waals surface area contributed by atoms with Crippen LogP contribution in [0.3, 0.4) is 0 Å². The molecule has 1 saturated carbocycles. The molecule has 1 aliphatic heterocycles. The standard InChI is InChI=1S/C11H13NO2S/c13-15(14)11-9(7-12-15)6-10(11)8-4-2-1-3-5-8/h1-5,9-12H,6-7H2/t9-,10-,11+/m0/s1. The fourth-order valence-electron chi connectivity index (χ4n) is 2.74. The van der Waals surface area contributed by atoms with Crippen molar-refractivity contribution < 1.29 is 8.42 Å². The molecule has 1 heterocycles. The van der Waals surface area contributed by atoms with Crippen LogP contribution in [0.5, 0.6) is 0 Å². The lowest BCUT2D eigenvalue weighted by Crippen LogP contribution is -2.41. The van der Waals surface area contributed by atoms with Gasteiger partial charge in [0, 0.05) is 12.5 Å². The van der Waals surface area contributed by atoms with Crippen LogP contribution < -0.4 is 4.72 Å². The van der Waals surface area contributed by atoms with Gasteiger partial charge in [-0.1, -0.05) is 30.3 Å². The van der Waals surface area contributed by atoms with E-state index in [2.05, 4.69) is 4.72 Å². The molecule has 2 fully saturated rings. The van der Waals surface area contributed by atoms with Crippen LogP contribution in [0.1, 0.15) is 17.9 Å². The summed E-state index contributed by atoms with van der Waals surface area (Å²) in [5.74, 6) is 0.538. The number of hydrogen-bond acceptors (Lipinski definition) is 2. The van der Waals surface area contributed by atoms with E-state index in [1.54, 1.807) is 0 Å². The SMILES string of the molecule is O=S1(=O)NC[C@@H]2C[C@@H](c3ccccc3)[C@@H]21. The number of fused-ring (bicyclic) bond motifs is 1. The fourth-order valence-corrected chi connectivity index (χ4v) is 4.80. The Bertz CT molecular complexity index is 469. The molecule has 0 radical (unpaired) electrons. The molecule has 0 unspecified atom stereocenters. The molecule has 1 N–H and O–H groups in total. The van der Waals surface area contributed by atoms with Gasteiger partial charge in [0.2, 0.25) is 10.0 Å². The number of sulfonamides is 1. The second-order valence-electron chi connectivity index (χ2n) is 4.37. The van der Waals surface area contributed by atoms with Gasteiger partial charge in [0.1, 0.15) is 0 Å². The van der Waals surface area contributed by atoms with Crippen molar-refractivity contribution in [1.82, 2.24) is 4.72 Å². The molecule has 80 valence electrons. The predicted octanol–water partition coefficient (Wildman–Crippen LogP) is 1.09. The molecule has 4 heteroatoms. The second-order valence-corrected chi connectivity index (χ2v) is 6.29. The number of hydrogen-bond donors (Lipinski definition) is 1. The molecule has 0 amide bonds. The highest BCUT2D eigenvalue weighted by molar-refractivity contribution is 7.90. The average molecular weight is 223 g/mol. The highest BCUT2D eigenvalue weighted by Gasteiger charge is 2.53. The van der Waals surface area contributed by atoms with E-state index < -0.39 is 10.0 Å². The maximum absolute atomic E-state index is 11.7. The Hall–Kier alpha value is -0.870. The molecule has 3 atom stereocenters. The van der Waals surface area contributed by atoms with Gasteiger partial charge in [-0.3, -0.25) is 0 Å². The molecule has 1 aromatic rings. The first kappa shape index (κ1) is 9.36. The van der Waals surface area contributed by atoms with E-state index in [0.29, 0.717) is 12.5 Å². The second kappa shape index (κ2) is 3.06. The third kappa shape index (κ3) is 1.32. The lowest BCUT2D eigenvalue weighted by molar-refractivity contribution is 0.294. The van der Waals surface area contributed by atoms with Gasteiger partial charge in [0.05, 0.1) is 5.25 Å². The summed E-state index contributed by atoms with van der Waals surface area (Å²) in [6.07, 6.45) is 1.00. The zero-order valence-corrected chi connectivity index (χ0v) is 9.07. The van der Waals surface area contributed by atoms with Crippen molar-refractivity contribution in [1.29, 1.82) is 0 Å². The largest absolute Gasteiger partial charge is 0.215 e. The number of nitrogens with one attached hydrogen (secondary N) is 1. The molecule has 2 aliphatic rings. The van der Waals surface area contributed by atoms with Crippen LogP contribution in [0.2, 0.25) is 0 Å². The van der Waals surface area contributed by atoms with Gasteiger partial charge in [-0.2, -0.15) is 0 Å². The summed E-state index contributed by atoms with van der Waals surface area (Å²) in [7, 11) is -3.03. The molecule has 0 aromatic heterocycles. The van der Waals surface area contributed by atoms with E-state index >= 15 is 0 Å². The Morgan fingerprint density at radius 3 is 2.60 bits per heavy atom. The minimum absolute atomic E-state index is 0.181. The first-order valence-electron chi connectivity index (χ1n) is 5.22. The minimum atomic E-state index is -3.03. The summed E-state index contributed by atoms with van der Waals surface area (Å²) in [6.45, 7) is 0.635. The van der Waals surface area contributed by atoms with Crippen LogP contribution in [-0.2, 0) is 10.0 Å². The van der Waals surface area contributed by atoms with Gasteiger partial charge >= 0.3 is 0 Å². The molecule has 0 spiro atoms. The molecular formula is C11H13NO2S. The first-order chi connectivity index (χ1) is 7.18. The average Bonchev–Trinajstić information content (AvgIpc) is 2.38. The van der Waals surface area contributed by atoms with Crippen LogP contribution in [0.25, 0.3) is 0 Å². The normalized spacial score (nSPS) is 36.9. The zero-order chi connectivity index (χ0) is 10.5. The van der Waals surface area contributed by atoms with Crippen molar-refractivity contribution in [3.8, 4) is 0 Å². The molecule has 1 aromatic carbocycles. The van der Waals surface area contributed by atoms with E-state index in [9.17, 15) is 8.42 Å². The highest BCUT2D eigenvalue weighted by Crippen LogP contribution is 2.48. The molecule has 1 aliphatic carbocycles. The van der Waals surface area contributed by atoms with Gasteiger partial charge < -0.3 is 0 Å². The molecule has 3 rings (SSSR count).